The zero-order chi connectivity index (χ0) is 31.8. The fourth-order valence-corrected chi connectivity index (χ4v) is 4.33. The lowest BCUT2D eigenvalue weighted by atomic mass is 9.80. The van der Waals surface area contributed by atoms with E-state index in [9.17, 15) is 24.4 Å². The van der Waals surface area contributed by atoms with Crippen LogP contribution >= 0.6 is 0 Å². The molecule has 0 aliphatic rings. The highest BCUT2D eigenvalue weighted by atomic mass is 16.5. The summed E-state index contributed by atoms with van der Waals surface area (Å²) in [6, 6.07) is 12.4. The number of benzene rings is 2. The fraction of sp³-hybridized carbons (Fsp3) is 0.250. The highest BCUT2D eigenvalue weighted by molar-refractivity contribution is 6.58. The Morgan fingerprint density at radius 3 is 2.30 bits per heavy atom. The van der Waals surface area contributed by atoms with Crippen molar-refractivity contribution >= 4 is 59.0 Å². The predicted molar refractivity (Wildman–Crippen MR) is 161 cm³/mol. The summed E-state index contributed by atoms with van der Waals surface area (Å²) in [5.74, 6) is -1.65. The third kappa shape index (κ3) is 7.93. The first-order valence-corrected chi connectivity index (χ1v) is 13.4. The molecule has 0 saturated carbocycles. The number of carbonyl (C=O) groups is 3. The minimum Gasteiger partial charge on any atom is -0.469 e. The van der Waals surface area contributed by atoms with Gasteiger partial charge in [-0.15, -0.1) is 0 Å². The van der Waals surface area contributed by atoms with Crippen LogP contribution in [0.2, 0.25) is 0 Å². The number of carbonyl (C=O) groups excluding carboxylic acids is 3. The number of amides is 1. The highest BCUT2D eigenvalue weighted by Gasteiger charge is 2.24. The summed E-state index contributed by atoms with van der Waals surface area (Å²) >= 11 is 0. The molecule has 2 heterocycles. The Morgan fingerprint density at radius 1 is 0.955 bits per heavy atom. The minimum absolute atomic E-state index is 0.0119. The van der Waals surface area contributed by atoms with Crippen LogP contribution < -0.4 is 27.1 Å². The molecule has 7 N–H and O–H groups in total. The zero-order valence-corrected chi connectivity index (χ0v) is 24.0. The first-order valence-electron chi connectivity index (χ1n) is 13.4. The average Bonchev–Trinajstić information content (AvgIpc) is 3.02. The van der Waals surface area contributed by atoms with Gasteiger partial charge in [0.2, 0.25) is 5.95 Å². The first kappa shape index (κ1) is 31.6. The van der Waals surface area contributed by atoms with E-state index in [-0.39, 0.29) is 42.4 Å². The molecule has 16 heteroatoms. The Morgan fingerprint density at radius 2 is 1.66 bits per heavy atom. The monoisotopic (exact) mass is 602 g/mol. The number of rotatable bonds is 12. The third-order valence-electron chi connectivity index (χ3n) is 6.66. The predicted octanol–water partition coefficient (Wildman–Crippen LogP) is -0.305. The van der Waals surface area contributed by atoms with E-state index in [0.717, 1.165) is 5.56 Å². The van der Waals surface area contributed by atoms with Crippen LogP contribution in [0.15, 0.2) is 54.7 Å². The molecule has 0 saturated heterocycles. The molecular weight excluding hydrogens is 571 g/mol. The molecule has 0 aliphatic heterocycles. The van der Waals surface area contributed by atoms with Gasteiger partial charge in [0.1, 0.15) is 6.04 Å². The van der Waals surface area contributed by atoms with Crippen molar-refractivity contribution in [3.05, 3.63) is 71.5 Å². The molecule has 4 rings (SSSR count). The number of ether oxygens (including phenoxy) is 2. The van der Waals surface area contributed by atoms with Gasteiger partial charge in [0.05, 0.1) is 32.7 Å². The molecule has 0 spiro atoms. The molecule has 0 radical (unpaired) electrons. The Balaban J connectivity index is 1.58. The van der Waals surface area contributed by atoms with Crippen LogP contribution in [0.25, 0.3) is 11.2 Å². The number of aromatic nitrogens is 4. The molecule has 1 unspecified atom stereocenters. The van der Waals surface area contributed by atoms with Crippen LogP contribution in [-0.2, 0) is 32.2 Å². The molecule has 0 aliphatic carbocycles. The van der Waals surface area contributed by atoms with Crippen molar-refractivity contribution in [1.82, 2.24) is 25.3 Å². The molecule has 15 nitrogen and oxygen atoms in total. The van der Waals surface area contributed by atoms with E-state index < -0.39 is 31.0 Å². The number of nitrogen functional groups attached to an aromatic ring is 2. The summed E-state index contributed by atoms with van der Waals surface area (Å²) in [4.78, 5) is 55.6. The Hall–Kier alpha value is -5.35. The quantitative estimate of drug-likeness (QED) is 0.104. The summed E-state index contributed by atoms with van der Waals surface area (Å²) in [5, 5.41) is 21.5. The van der Waals surface area contributed by atoms with Gasteiger partial charge in [-0.3, -0.25) is 9.59 Å². The van der Waals surface area contributed by atoms with E-state index >= 15 is 0 Å². The van der Waals surface area contributed by atoms with Gasteiger partial charge >= 0.3 is 19.1 Å². The van der Waals surface area contributed by atoms with Crippen molar-refractivity contribution < 1.29 is 33.9 Å². The van der Waals surface area contributed by atoms with Gasteiger partial charge in [-0.25, -0.2) is 14.8 Å². The Kier molecular flexibility index (Phi) is 10.2. The van der Waals surface area contributed by atoms with Crippen LogP contribution in [0, 0.1) is 0 Å². The Bertz CT molecular complexity index is 1640. The zero-order valence-electron chi connectivity index (χ0n) is 24.0. The SMILES string of the molecule is COC(=O)CCC(NC(=O)c1ccc(N(Cc2ccc(B(O)O)cc2)Cc2cnc3nc(N)nc(N)c3n2)cc1)C(=O)OC. The van der Waals surface area contributed by atoms with E-state index in [1.807, 2.05) is 4.90 Å². The molecule has 228 valence electrons. The van der Waals surface area contributed by atoms with Crippen LogP contribution in [0.4, 0.5) is 17.5 Å². The van der Waals surface area contributed by atoms with Crippen LogP contribution in [0.3, 0.4) is 0 Å². The molecule has 0 bridgehead atoms. The van der Waals surface area contributed by atoms with E-state index in [1.165, 1.54) is 14.2 Å². The second-order valence-electron chi connectivity index (χ2n) is 9.68. The standard InChI is InChI=1S/C28H31BN8O7/c1-43-22(38)12-11-21(27(40)44-2)34-26(39)17-5-9-20(10-6-17)37(14-16-3-7-18(8-4-16)29(41)42)15-19-13-32-25-23(33-19)24(30)35-28(31)36-25/h3-10,13,21,41-42H,11-12,14-15H2,1-2H3,(H,34,39)(H4,30,31,32,35,36). The molecule has 1 amide bonds. The second kappa shape index (κ2) is 14.2. The van der Waals surface area contributed by atoms with Crippen LogP contribution in [0.5, 0.6) is 0 Å². The van der Waals surface area contributed by atoms with Gasteiger partial charge in [-0.05, 0) is 41.7 Å². The molecular formula is C28H31BN8O7. The van der Waals surface area contributed by atoms with E-state index in [2.05, 4.69) is 30.0 Å². The smallest absolute Gasteiger partial charge is 0.469 e. The first-order chi connectivity index (χ1) is 21.1. The van der Waals surface area contributed by atoms with Crippen LogP contribution in [-0.4, -0.2) is 75.2 Å². The van der Waals surface area contributed by atoms with Crippen LogP contribution in [0.1, 0.15) is 34.5 Å². The van der Waals surface area contributed by atoms with Gasteiger partial charge < -0.3 is 41.2 Å². The number of hydrogen-bond donors (Lipinski definition) is 5. The maximum absolute atomic E-state index is 13.0. The highest BCUT2D eigenvalue weighted by Crippen LogP contribution is 2.22. The number of methoxy groups -OCH3 is 2. The van der Waals surface area contributed by atoms with Gasteiger partial charge in [0.25, 0.3) is 5.91 Å². The summed E-state index contributed by atoms with van der Waals surface area (Å²) < 4.78 is 9.38. The normalized spacial score (nSPS) is 11.5. The number of hydrogen-bond acceptors (Lipinski definition) is 14. The number of anilines is 3. The third-order valence-corrected chi connectivity index (χ3v) is 6.66. The lowest BCUT2D eigenvalue weighted by Gasteiger charge is -2.25. The van der Waals surface area contributed by atoms with E-state index in [0.29, 0.717) is 28.9 Å². The van der Waals surface area contributed by atoms with Gasteiger partial charge in [-0.1, -0.05) is 24.3 Å². The molecule has 0 fully saturated rings. The van der Waals surface area contributed by atoms with Gasteiger partial charge in [-0.2, -0.15) is 9.97 Å². The summed E-state index contributed by atoms with van der Waals surface area (Å²) in [6.45, 7) is 0.638. The fourth-order valence-electron chi connectivity index (χ4n) is 4.33. The second-order valence-corrected chi connectivity index (χ2v) is 9.68. The topological polar surface area (TPSA) is 229 Å². The van der Waals surface area contributed by atoms with Crippen molar-refractivity contribution in [3.63, 3.8) is 0 Å². The van der Waals surface area contributed by atoms with E-state index in [4.69, 9.17) is 16.2 Å². The molecule has 4 aromatic rings. The van der Waals surface area contributed by atoms with Crippen molar-refractivity contribution in [1.29, 1.82) is 0 Å². The van der Waals surface area contributed by atoms with Gasteiger partial charge in [0, 0.05) is 24.2 Å². The molecule has 44 heavy (non-hydrogen) atoms. The molecule has 2 aromatic heterocycles. The number of fused-ring (bicyclic) bond motifs is 1. The van der Waals surface area contributed by atoms with Crippen molar-refractivity contribution in [3.8, 4) is 0 Å². The molecule has 2 aromatic carbocycles. The Labute approximate surface area is 252 Å². The van der Waals surface area contributed by atoms with Crippen molar-refractivity contribution in [2.75, 3.05) is 30.6 Å². The maximum atomic E-state index is 13.0. The van der Waals surface area contributed by atoms with E-state index in [1.54, 1.807) is 54.7 Å². The number of nitrogens with zero attached hydrogens (tertiary/aromatic N) is 5. The lowest BCUT2D eigenvalue weighted by molar-refractivity contribution is -0.144. The average molecular weight is 602 g/mol. The van der Waals surface area contributed by atoms with Crippen molar-refractivity contribution in [2.45, 2.75) is 32.0 Å². The summed E-state index contributed by atoms with van der Waals surface area (Å²) in [7, 11) is 0.840. The lowest BCUT2D eigenvalue weighted by Crippen LogP contribution is -2.41. The number of esters is 2. The van der Waals surface area contributed by atoms with Gasteiger partial charge in [0.15, 0.2) is 17.0 Å². The maximum Gasteiger partial charge on any atom is 0.488 e. The largest absolute Gasteiger partial charge is 0.488 e. The molecule has 1 atom stereocenters. The summed E-state index contributed by atoms with van der Waals surface area (Å²) in [5.41, 5.74) is 15.0. The minimum atomic E-state index is -1.59. The summed E-state index contributed by atoms with van der Waals surface area (Å²) in [6.07, 6.45) is 1.49. The van der Waals surface area contributed by atoms with Crippen molar-refractivity contribution in [2.24, 2.45) is 0 Å². The number of nitrogens with two attached hydrogens (primary N) is 2. The number of nitrogens with one attached hydrogen (secondary N) is 1.